The Morgan fingerprint density at radius 3 is 2.73 bits per heavy atom. The lowest BCUT2D eigenvalue weighted by molar-refractivity contribution is 0.411. The minimum Gasteiger partial charge on any atom is -0.504 e. The van der Waals surface area contributed by atoms with E-state index in [2.05, 4.69) is 11.6 Å². The average Bonchev–Trinajstić information content (AvgIpc) is 2.80. The van der Waals surface area contributed by atoms with Crippen molar-refractivity contribution in [2.75, 3.05) is 0 Å². The maximum Gasteiger partial charge on any atom is 0.266 e. The second-order valence-corrected chi connectivity index (χ2v) is 5.77. The fourth-order valence-electron chi connectivity index (χ4n) is 1.98. The Morgan fingerprint density at radius 2 is 2.00 bits per heavy atom. The summed E-state index contributed by atoms with van der Waals surface area (Å²) in [5.74, 6) is 1.04. The lowest BCUT2D eigenvalue weighted by Gasteiger charge is -2.07. The first kappa shape index (κ1) is 14.2. The van der Waals surface area contributed by atoms with Gasteiger partial charge >= 0.3 is 0 Å². The topological polar surface area (TPSA) is 62.3 Å². The van der Waals surface area contributed by atoms with Gasteiger partial charge < -0.3 is 14.8 Å². The second-order valence-electron chi connectivity index (χ2n) is 4.63. The molecule has 4 nitrogen and oxygen atoms in total. The lowest BCUT2D eigenvalue weighted by atomic mass is 10.2. The molecular formula is C17H13NO3S. The first-order valence-corrected chi connectivity index (χ1v) is 7.39. The van der Waals surface area contributed by atoms with E-state index in [4.69, 9.17) is 4.74 Å². The number of benzene rings is 2. The van der Waals surface area contributed by atoms with E-state index >= 15 is 0 Å². The number of aromatic nitrogens is 1. The summed E-state index contributed by atoms with van der Waals surface area (Å²) in [7, 11) is 0. The molecule has 110 valence electrons. The molecule has 0 fully saturated rings. The molecule has 0 bridgehead atoms. The minimum atomic E-state index is -0.151. The standard InChI is InChI=1S/C17H13NO3S/c1-11-18-17(20)16(22-11)10-12-5-4-6-13(9-12)21-15-8-3-2-7-14(15)19/h2-10,19H,1H2,(H,18,20)/b16-10-. The quantitative estimate of drug-likeness (QED) is 0.779. The Labute approximate surface area is 130 Å². The Morgan fingerprint density at radius 1 is 1.18 bits per heavy atom. The largest absolute Gasteiger partial charge is 0.504 e. The molecule has 0 radical (unpaired) electrons. The number of thiazole rings is 1. The first-order chi connectivity index (χ1) is 10.6. The van der Waals surface area contributed by atoms with Gasteiger partial charge in [-0.15, -0.1) is 11.3 Å². The molecule has 0 aliphatic heterocycles. The molecule has 0 saturated carbocycles. The molecule has 3 aromatic rings. The maximum atomic E-state index is 11.7. The van der Waals surface area contributed by atoms with Crippen LogP contribution in [0.5, 0.6) is 17.2 Å². The van der Waals surface area contributed by atoms with Gasteiger partial charge in [-0.25, -0.2) is 0 Å². The number of ether oxygens (including phenoxy) is 1. The number of aromatic amines is 1. The van der Waals surface area contributed by atoms with Gasteiger partial charge in [0, 0.05) is 0 Å². The van der Waals surface area contributed by atoms with Gasteiger partial charge in [0.25, 0.3) is 5.56 Å². The van der Waals surface area contributed by atoms with Crippen molar-refractivity contribution in [1.82, 2.24) is 4.98 Å². The fraction of sp³-hybridized carbons (Fsp3) is 0. The number of hydrogen-bond donors (Lipinski definition) is 2. The summed E-state index contributed by atoms with van der Waals surface area (Å²) in [6.07, 6.45) is 1.77. The summed E-state index contributed by atoms with van der Waals surface area (Å²) in [6, 6.07) is 14.0. The van der Waals surface area contributed by atoms with Crippen LogP contribution in [0.15, 0.2) is 53.3 Å². The number of phenolic OH excluding ortho intramolecular Hbond substituents is 1. The van der Waals surface area contributed by atoms with Crippen molar-refractivity contribution in [2.24, 2.45) is 0 Å². The summed E-state index contributed by atoms with van der Waals surface area (Å²) in [5, 5.41) is 9.73. The highest BCUT2D eigenvalue weighted by Crippen LogP contribution is 2.30. The summed E-state index contributed by atoms with van der Waals surface area (Å²) in [6.45, 7) is 3.72. The predicted molar refractivity (Wildman–Crippen MR) is 87.9 cm³/mol. The first-order valence-electron chi connectivity index (χ1n) is 6.57. The van der Waals surface area contributed by atoms with Gasteiger partial charge in [-0.1, -0.05) is 30.8 Å². The second kappa shape index (κ2) is 5.91. The van der Waals surface area contributed by atoms with Crippen LogP contribution in [0.2, 0.25) is 0 Å². The Bertz CT molecular complexity index is 972. The van der Waals surface area contributed by atoms with E-state index in [-0.39, 0.29) is 11.3 Å². The summed E-state index contributed by atoms with van der Waals surface area (Å²) < 4.78 is 6.87. The SMILES string of the molecule is C=c1[nH]c(=O)/c(=C/c2cccc(Oc3ccccc3O)c2)s1. The van der Waals surface area contributed by atoms with Gasteiger partial charge in [0.05, 0.1) is 9.20 Å². The molecule has 0 aliphatic carbocycles. The monoisotopic (exact) mass is 311 g/mol. The molecule has 2 aromatic carbocycles. The number of para-hydroxylation sites is 2. The third-order valence-corrected chi connectivity index (χ3v) is 3.83. The highest BCUT2D eigenvalue weighted by atomic mass is 32.1. The lowest BCUT2D eigenvalue weighted by Crippen LogP contribution is -2.19. The van der Waals surface area contributed by atoms with Crippen LogP contribution in [0.4, 0.5) is 0 Å². The van der Waals surface area contributed by atoms with Crippen LogP contribution < -0.4 is 19.5 Å². The molecule has 0 unspecified atom stereocenters. The van der Waals surface area contributed by atoms with Crippen LogP contribution >= 0.6 is 11.3 Å². The number of H-pyrrole nitrogens is 1. The van der Waals surface area contributed by atoms with Crippen LogP contribution in [-0.2, 0) is 0 Å². The minimum absolute atomic E-state index is 0.0771. The Hall–Kier alpha value is -2.79. The van der Waals surface area contributed by atoms with Crippen molar-refractivity contribution in [1.29, 1.82) is 0 Å². The zero-order valence-corrected chi connectivity index (χ0v) is 12.4. The number of nitrogens with one attached hydrogen (secondary N) is 1. The summed E-state index contributed by atoms with van der Waals surface area (Å²) in [5.41, 5.74) is 0.683. The van der Waals surface area contributed by atoms with E-state index in [1.807, 2.05) is 12.1 Å². The molecule has 1 heterocycles. The number of hydrogen-bond acceptors (Lipinski definition) is 4. The Kier molecular flexibility index (Phi) is 3.80. The van der Waals surface area contributed by atoms with Gasteiger partial charge in [0.15, 0.2) is 11.5 Å². The zero-order chi connectivity index (χ0) is 15.5. The van der Waals surface area contributed by atoms with Crippen molar-refractivity contribution in [3.05, 3.63) is 73.6 Å². The number of rotatable bonds is 3. The normalized spacial score (nSPS) is 11.5. The van der Waals surface area contributed by atoms with Gasteiger partial charge in [-0.2, -0.15) is 0 Å². The third kappa shape index (κ3) is 3.10. The van der Waals surface area contributed by atoms with E-state index in [0.29, 0.717) is 20.7 Å². The fourth-order valence-corrected chi connectivity index (χ4v) is 2.73. The zero-order valence-electron chi connectivity index (χ0n) is 11.6. The molecule has 0 amide bonds. The molecule has 3 rings (SSSR count). The van der Waals surface area contributed by atoms with Crippen LogP contribution in [0, 0.1) is 0 Å². The molecule has 0 aliphatic rings. The Balaban J connectivity index is 1.95. The molecule has 0 atom stereocenters. The molecular weight excluding hydrogens is 298 g/mol. The van der Waals surface area contributed by atoms with E-state index in [9.17, 15) is 9.90 Å². The summed E-state index contributed by atoms with van der Waals surface area (Å²) in [4.78, 5) is 14.3. The van der Waals surface area contributed by atoms with Crippen molar-refractivity contribution >= 4 is 24.0 Å². The van der Waals surface area contributed by atoms with Crippen molar-refractivity contribution in [2.45, 2.75) is 0 Å². The van der Waals surface area contributed by atoms with Crippen LogP contribution in [-0.4, -0.2) is 10.1 Å². The van der Waals surface area contributed by atoms with E-state index in [0.717, 1.165) is 5.56 Å². The molecule has 22 heavy (non-hydrogen) atoms. The van der Waals surface area contributed by atoms with Gasteiger partial charge in [-0.3, -0.25) is 4.79 Å². The van der Waals surface area contributed by atoms with Crippen LogP contribution in [0.25, 0.3) is 12.7 Å². The smallest absolute Gasteiger partial charge is 0.266 e. The van der Waals surface area contributed by atoms with E-state index in [1.165, 1.54) is 11.3 Å². The van der Waals surface area contributed by atoms with Gasteiger partial charge in [0.1, 0.15) is 5.75 Å². The molecule has 2 N–H and O–H groups in total. The van der Waals surface area contributed by atoms with Crippen LogP contribution in [0.3, 0.4) is 0 Å². The predicted octanol–water partition coefficient (Wildman–Crippen LogP) is 2.17. The van der Waals surface area contributed by atoms with E-state index < -0.39 is 0 Å². The van der Waals surface area contributed by atoms with Crippen molar-refractivity contribution in [3.63, 3.8) is 0 Å². The van der Waals surface area contributed by atoms with Gasteiger partial charge in [-0.05, 0) is 35.9 Å². The molecule has 0 saturated heterocycles. The molecule has 0 spiro atoms. The third-order valence-electron chi connectivity index (χ3n) is 2.96. The summed E-state index contributed by atoms with van der Waals surface area (Å²) >= 11 is 1.31. The molecule has 1 aromatic heterocycles. The average molecular weight is 311 g/mol. The van der Waals surface area contributed by atoms with Crippen molar-refractivity contribution in [3.8, 4) is 17.2 Å². The van der Waals surface area contributed by atoms with E-state index in [1.54, 1.807) is 42.5 Å². The maximum absolute atomic E-state index is 11.7. The number of phenols is 1. The van der Waals surface area contributed by atoms with Crippen molar-refractivity contribution < 1.29 is 9.84 Å². The van der Waals surface area contributed by atoms with Crippen LogP contribution in [0.1, 0.15) is 5.56 Å². The molecule has 5 heteroatoms. The van der Waals surface area contributed by atoms with Gasteiger partial charge in [0.2, 0.25) is 0 Å². The highest BCUT2D eigenvalue weighted by molar-refractivity contribution is 7.07. The number of aromatic hydroxyl groups is 1. The highest BCUT2D eigenvalue weighted by Gasteiger charge is 2.03.